The van der Waals surface area contributed by atoms with Gasteiger partial charge in [-0.05, 0) is 28.7 Å². The number of ether oxygens (including phenoxy) is 1. The van der Waals surface area contributed by atoms with Crippen LogP contribution in [0, 0.1) is 5.92 Å². The Morgan fingerprint density at radius 3 is 2.07 bits per heavy atom. The maximum atomic E-state index is 12.8. The molecule has 0 spiro atoms. The Labute approximate surface area is 170 Å². The van der Waals surface area contributed by atoms with E-state index in [9.17, 15) is 9.59 Å². The normalized spacial score (nSPS) is 16.2. The summed E-state index contributed by atoms with van der Waals surface area (Å²) in [5.41, 5.74) is 3.61. The lowest BCUT2D eigenvalue weighted by Gasteiger charge is -2.22. The van der Waals surface area contributed by atoms with Gasteiger partial charge in [-0.1, -0.05) is 85.8 Å². The van der Waals surface area contributed by atoms with Gasteiger partial charge in [0, 0.05) is 12.1 Å². The zero-order valence-corrected chi connectivity index (χ0v) is 16.2. The summed E-state index contributed by atoms with van der Waals surface area (Å²) in [5, 5.41) is 2.90. The maximum absolute atomic E-state index is 12.8. The fourth-order valence-electron chi connectivity index (χ4n) is 3.94. The van der Waals surface area contributed by atoms with E-state index in [1.165, 1.54) is 0 Å². The summed E-state index contributed by atoms with van der Waals surface area (Å²) in [6.07, 6.45) is -0.301. The number of fused-ring (bicyclic) bond motifs is 1. The molecule has 29 heavy (non-hydrogen) atoms. The third-order valence-corrected chi connectivity index (χ3v) is 5.35. The molecule has 2 unspecified atom stereocenters. The highest BCUT2D eigenvalue weighted by molar-refractivity contribution is 6.03. The van der Waals surface area contributed by atoms with E-state index in [4.69, 9.17) is 4.74 Å². The van der Waals surface area contributed by atoms with Gasteiger partial charge in [0.1, 0.15) is 0 Å². The van der Waals surface area contributed by atoms with Crippen molar-refractivity contribution in [1.82, 2.24) is 0 Å². The molecule has 0 bridgehead atoms. The Hall–Kier alpha value is -3.40. The quantitative estimate of drug-likeness (QED) is 0.602. The topological polar surface area (TPSA) is 55.4 Å². The van der Waals surface area contributed by atoms with Gasteiger partial charge in [0.25, 0.3) is 0 Å². The summed E-state index contributed by atoms with van der Waals surface area (Å²) >= 11 is 0. The van der Waals surface area contributed by atoms with Crippen molar-refractivity contribution >= 4 is 17.6 Å². The van der Waals surface area contributed by atoms with Crippen molar-refractivity contribution < 1.29 is 14.3 Å². The molecule has 4 heteroatoms. The average molecular weight is 385 g/mol. The number of hydrogen-bond donors (Lipinski definition) is 1. The number of anilines is 1. The van der Waals surface area contributed by atoms with E-state index >= 15 is 0 Å². The average Bonchev–Trinajstić information content (AvgIpc) is 3.09. The zero-order chi connectivity index (χ0) is 20.2. The van der Waals surface area contributed by atoms with E-state index in [2.05, 4.69) is 5.32 Å². The Balaban J connectivity index is 1.51. The molecule has 1 N–H and O–H groups in total. The first-order valence-electron chi connectivity index (χ1n) is 9.82. The molecule has 0 fully saturated rings. The summed E-state index contributed by atoms with van der Waals surface area (Å²) in [5.74, 6) is -0.884. The smallest absolute Gasteiger partial charge is 0.307 e. The first kappa shape index (κ1) is 18.9. The molecule has 3 aromatic rings. The van der Waals surface area contributed by atoms with E-state index < -0.39 is 6.10 Å². The van der Waals surface area contributed by atoms with Crippen molar-refractivity contribution in [2.45, 2.75) is 25.4 Å². The van der Waals surface area contributed by atoms with E-state index in [0.29, 0.717) is 0 Å². The van der Waals surface area contributed by atoms with Crippen LogP contribution in [0.4, 0.5) is 5.69 Å². The number of benzene rings is 3. The molecule has 0 radical (unpaired) electrons. The number of amides is 1. The second kappa shape index (κ2) is 8.31. The molecule has 4 nitrogen and oxygen atoms in total. The van der Waals surface area contributed by atoms with E-state index in [-0.39, 0.29) is 30.1 Å². The molecule has 2 atom stereocenters. The van der Waals surface area contributed by atoms with Gasteiger partial charge in [-0.25, -0.2) is 0 Å². The van der Waals surface area contributed by atoms with Gasteiger partial charge < -0.3 is 10.1 Å². The van der Waals surface area contributed by atoms with Gasteiger partial charge in [0.15, 0.2) is 6.10 Å². The summed E-state index contributed by atoms with van der Waals surface area (Å²) in [4.78, 5) is 25.3. The monoisotopic (exact) mass is 385 g/mol. The van der Waals surface area contributed by atoms with Crippen LogP contribution in [-0.4, -0.2) is 11.9 Å². The fraction of sp³-hybridized carbons (Fsp3) is 0.200. The molecule has 0 saturated heterocycles. The van der Waals surface area contributed by atoms with Crippen molar-refractivity contribution in [3.05, 3.63) is 102 Å². The van der Waals surface area contributed by atoms with Crippen molar-refractivity contribution in [3.8, 4) is 0 Å². The standard InChI is InChI=1S/C25H23NO3/c1-17(23-20-14-8-9-15-21(20)26-25(23)28)16-22(27)29-24(18-10-4-2-5-11-18)19-12-6-3-7-13-19/h2-15,17,23-24H,16H2,1H3,(H,26,28). The molecule has 1 aliphatic heterocycles. The number of hydrogen-bond acceptors (Lipinski definition) is 3. The van der Waals surface area contributed by atoms with E-state index in [1.807, 2.05) is 91.9 Å². The fourth-order valence-corrected chi connectivity index (χ4v) is 3.94. The Kier molecular flexibility index (Phi) is 5.43. The van der Waals surface area contributed by atoms with Gasteiger partial charge in [-0.15, -0.1) is 0 Å². The van der Waals surface area contributed by atoms with Crippen LogP contribution in [0.2, 0.25) is 0 Å². The minimum absolute atomic E-state index is 0.0610. The molecule has 3 aromatic carbocycles. The number of esters is 1. The summed E-state index contributed by atoms with van der Waals surface area (Å²) < 4.78 is 5.91. The molecule has 4 rings (SSSR count). The molecule has 0 aromatic heterocycles. The third-order valence-electron chi connectivity index (χ3n) is 5.35. The lowest BCUT2D eigenvalue weighted by atomic mass is 9.86. The molecule has 146 valence electrons. The zero-order valence-electron chi connectivity index (χ0n) is 16.2. The molecule has 0 aliphatic carbocycles. The van der Waals surface area contributed by atoms with Gasteiger partial charge >= 0.3 is 5.97 Å². The second-order valence-corrected chi connectivity index (χ2v) is 7.43. The Morgan fingerprint density at radius 1 is 0.897 bits per heavy atom. The van der Waals surface area contributed by atoms with Gasteiger partial charge in [0.2, 0.25) is 5.91 Å². The third kappa shape index (κ3) is 4.06. The van der Waals surface area contributed by atoms with Crippen LogP contribution >= 0.6 is 0 Å². The highest BCUT2D eigenvalue weighted by Crippen LogP contribution is 2.38. The molecule has 1 aliphatic rings. The predicted molar refractivity (Wildman–Crippen MR) is 112 cm³/mol. The SMILES string of the molecule is CC(CC(=O)OC(c1ccccc1)c1ccccc1)C1C(=O)Nc2ccccc21. The number of carbonyl (C=O) groups is 2. The van der Waals surface area contributed by atoms with Crippen LogP contribution in [0.3, 0.4) is 0 Å². The maximum Gasteiger partial charge on any atom is 0.307 e. The summed E-state index contributed by atoms with van der Waals surface area (Å²) in [7, 11) is 0. The van der Waals surface area contributed by atoms with Crippen molar-refractivity contribution in [2.24, 2.45) is 5.92 Å². The molecular formula is C25H23NO3. The second-order valence-electron chi connectivity index (χ2n) is 7.43. The first-order chi connectivity index (χ1) is 14.1. The van der Waals surface area contributed by atoms with Gasteiger partial charge in [-0.2, -0.15) is 0 Å². The minimum atomic E-state index is -0.471. The lowest BCUT2D eigenvalue weighted by molar-refractivity contribution is -0.148. The van der Waals surface area contributed by atoms with Crippen LogP contribution in [0.5, 0.6) is 0 Å². The largest absolute Gasteiger partial charge is 0.453 e. The van der Waals surface area contributed by atoms with Crippen LogP contribution in [-0.2, 0) is 14.3 Å². The van der Waals surface area contributed by atoms with E-state index in [0.717, 1.165) is 22.4 Å². The van der Waals surface area contributed by atoms with Crippen molar-refractivity contribution in [1.29, 1.82) is 0 Å². The molecular weight excluding hydrogens is 362 g/mol. The van der Waals surface area contributed by atoms with Gasteiger partial charge in [0.05, 0.1) is 5.92 Å². The lowest BCUT2D eigenvalue weighted by Crippen LogP contribution is -2.23. The number of carbonyl (C=O) groups excluding carboxylic acids is 2. The highest BCUT2D eigenvalue weighted by atomic mass is 16.5. The first-order valence-corrected chi connectivity index (χ1v) is 9.82. The highest BCUT2D eigenvalue weighted by Gasteiger charge is 2.36. The summed E-state index contributed by atoms with van der Waals surface area (Å²) in [6, 6.07) is 27.1. The number of nitrogens with one attached hydrogen (secondary N) is 1. The molecule has 0 saturated carbocycles. The Bertz CT molecular complexity index is 961. The predicted octanol–water partition coefficient (Wildman–Crippen LogP) is 5.08. The van der Waals surface area contributed by atoms with Crippen LogP contribution in [0.1, 0.15) is 42.1 Å². The molecule has 1 amide bonds. The van der Waals surface area contributed by atoms with Crippen LogP contribution < -0.4 is 5.32 Å². The van der Waals surface area contributed by atoms with Crippen LogP contribution in [0.15, 0.2) is 84.9 Å². The molecule has 1 heterocycles. The Morgan fingerprint density at radius 2 is 1.45 bits per heavy atom. The number of para-hydroxylation sites is 1. The number of rotatable bonds is 6. The van der Waals surface area contributed by atoms with Crippen LogP contribution in [0.25, 0.3) is 0 Å². The van der Waals surface area contributed by atoms with E-state index in [1.54, 1.807) is 0 Å². The van der Waals surface area contributed by atoms with Gasteiger partial charge in [-0.3, -0.25) is 9.59 Å². The summed E-state index contributed by atoms with van der Waals surface area (Å²) in [6.45, 7) is 1.92. The minimum Gasteiger partial charge on any atom is -0.453 e. The van der Waals surface area contributed by atoms with Crippen molar-refractivity contribution in [2.75, 3.05) is 5.32 Å². The van der Waals surface area contributed by atoms with Crippen molar-refractivity contribution in [3.63, 3.8) is 0 Å².